The standard InChI is InChI=1S/C27H31P/c1-2-3-4-5-6-7-17-24-28(25-18-11-8-12-19-25,26-20-13-9-14-21-26)27-22-15-10-16-23-27/h7-24H,2-6H2,1H3. The fourth-order valence-corrected chi connectivity index (χ4v) is 7.39. The molecule has 0 aliphatic carbocycles. The normalized spacial score (nSPS) is 11.6. The molecule has 3 rings (SSSR count). The molecule has 0 atom stereocenters. The van der Waals surface area contributed by atoms with Gasteiger partial charge in [0.05, 0.1) is 0 Å². The first-order valence-corrected chi connectivity index (χ1v) is 12.3. The molecule has 0 radical (unpaired) electrons. The quantitative estimate of drug-likeness (QED) is 0.299. The molecule has 0 spiro atoms. The molecule has 3 aromatic carbocycles. The van der Waals surface area contributed by atoms with Gasteiger partial charge < -0.3 is 0 Å². The largest absolute Gasteiger partial charge is 0.0845 e. The third-order valence-corrected chi connectivity index (χ3v) is 9.12. The van der Waals surface area contributed by atoms with Gasteiger partial charge in [0, 0.05) is 0 Å². The molecular weight excluding hydrogens is 355 g/mol. The molecule has 1 heteroatoms. The number of hydrogen-bond donors (Lipinski definition) is 0. The molecular formula is C27H31P. The first kappa shape index (κ1) is 20.4. The minimum Gasteiger partial charge on any atom is -0.0845 e. The van der Waals surface area contributed by atoms with Crippen molar-refractivity contribution in [2.45, 2.75) is 39.0 Å². The van der Waals surface area contributed by atoms with Gasteiger partial charge >= 0.3 is 0 Å². The van der Waals surface area contributed by atoms with Crippen LogP contribution in [0.2, 0.25) is 0 Å². The fraction of sp³-hybridized carbons (Fsp3) is 0.222. The highest BCUT2D eigenvalue weighted by Gasteiger charge is 2.23. The van der Waals surface area contributed by atoms with Gasteiger partial charge in [-0.2, -0.15) is 0 Å². The molecule has 0 aromatic heterocycles. The van der Waals surface area contributed by atoms with Gasteiger partial charge in [-0.1, -0.05) is 135 Å². The summed E-state index contributed by atoms with van der Waals surface area (Å²) in [7, 11) is 0. The third-order valence-electron chi connectivity index (χ3n) is 5.16. The molecule has 0 heterocycles. The van der Waals surface area contributed by atoms with Crippen LogP contribution in [0.25, 0.3) is 0 Å². The zero-order chi connectivity index (χ0) is 19.5. The second kappa shape index (κ2) is 10.9. The van der Waals surface area contributed by atoms with E-state index in [1.54, 1.807) is 0 Å². The summed E-state index contributed by atoms with van der Waals surface area (Å²) < 4.78 is 0. The Hall–Kier alpha value is -2.30. The van der Waals surface area contributed by atoms with E-state index in [1.807, 2.05) is 0 Å². The molecule has 3 aromatic rings. The second-order valence-corrected chi connectivity index (χ2v) is 10.4. The lowest BCUT2D eigenvalue weighted by atomic mass is 10.1. The summed E-state index contributed by atoms with van der Waals surface area (Å²) in [5.74, 6) is 2.49. The van der Waals surface area contributed by atoms with Crippen molar-refractivity contribution in [3.8, 4) is 0 Å². The van der Waals surface area contributed by atoms with Gasteiger partial charge in [-0.15, -0.1) is 0 Å². The molecule has 0 nitrogen and oxygen atoms in total. The van der Waals surface area contributed by atoms with Gasteiger partial charge in [-0.05, 0) is 35.6 Å². The monoisotopic (exact) mass is 386 g/mol. The summed E-state index contributed by atoms with van der Waals surface area (Å²) >= 11 is 0. The van der Waals surface area contributed by atoms with Gasteiger partial charge in [0.2, 0.25) is 0 Å². The van der Waals surface area contributed by atoms with E-state index in [9.17, 15) is 0 Å². The highest BCUT2D eigenvalue weighted by molar-refractivity contribution is 7.94. The Kier molecular flexibility index (Phi) is 7.94. The minimum atomic E-state index is -1.83. The number of hydrogen-bond acceptors (Lipinski definition) is 0. The van der Waals surface area contributed by atoms with E-state index in [-0.39, 0.29) is 0 Å². The van der Waals surface area contributed by atoms with Crippen molar-refractivity contribution in [1.82, 2.24) is 0 Å². The first-order chi connectivity index (χ1) is 13.9. The summed E-state index contributed by atoms with van der Waals surface area (Å²) in [5, 5.41) is 4.22. The molecule has 0 saturated carbocycles. The SMILES string of the molecule is CCCCCCC=CC=P(c1ccccc1)(c1ccccc1)c1ccccc1. The van der Waals surface area contributed by atoms with Crippen LogP contribution in [-0.2, 0) is 0 Å². The van der Waals surface area contributed by atoms with Crippen molar-refractivity contribution in [3.63, 3.8) is 0 Å². The van der Waals surface area contributed by atoms with E-state index in [0.717, 1.165) is 6.42 Å². The van der Waals surface area contributed by atoms with Crippen molar-refractivity contribution in [1.29, 1.82) is 0 Å². The van der Waals surface area contributed by atoms with Crippen LogP contribution in [0.5, 0.6) is 0 Å². The van der Waals surface area contributed by atoms with Crippen molar-refractivity contribution >= 4 is 28.6 Å². The van der Waals surface area contributed by atoms with E-state index in [1.165, 1.54) is 41.6 Å². The van der Waals surface area contributed by atoms with Crippen LogP contribution in [0.15, 0.2) is 103 Å². The molecule has 0 N–H and O–H groups in total. The van der Waals surface area contributed by atoms with Crippen molar-refractivity contribution in [3.05, 3.63) is 103 Å². The highest BCUT2D eigenvalue weighted by atomic mass is 31.2. The van der Waals surface area contributed by atoms with Crippen LogP contribution in [0, 0.1) is 0 Å². The predicted molar refractivity (Wildman–Crippen MR) is 129 cm³/mol. The summed E-state index contributed by atoms with van der Waals surface area (Å²) in [6, 6.07) is 33.1. The Bertz CT molecular complexity index is 789. The maximum Gasteiger partial charge on any atom is -0.0160 e. The van der Waals surface area contributed by atoms with E-state index in [2.05, 4.69) is 116 Å². The van der Waals surface area contributed by atoms with Gasteiger partial charge in [0.15, 0.2) is 0 Å². The van der Waals surface area contributed by atoms with Crippen LogP contribution in [0.3, 0.4) is 0 Å². The highest BCUT2D eigenvalue weighted by Crippen LogP contribution is 2.43. The van der Waals surface area contributed by atoms with Crippen LogP contribution >= 0.6 is 6.89 Å². The lowest BCUT2D eigenvalue weighted by molar-refractivity contribution is 0.674. The minimum absolute atomic E-state index is 1.16. The van der Waals surface area contributed by atoms with Crippen molar-refractivity contribution < 1.29 is 0 Å². The summed E-state index contributed by atoms with van der Waals surface area (Å²) in [4.78, 5) is 0. The molecule has 0 bridgehead atoms. The molecule has 28 heavy (non-hydrogen) atoms. The number of allylic oxidation sites excluding steroid dienone is 2. The molecule has 0 aliphatic heterocycles. The zero-order valence-electron chi connectivity index (χ0n) is 16.9. The Labute approximate surface area is 170 Å². The molecule has 0 saturated heterocycles. The summed E-state index contributed by atoms with van der Waals surface area (Å²) in [6.07, 6.45) is 11.1. The number of unbranched alkanes of at least 4 members (excludes halogenated alkanes) is 4. The molecule has 0 unspecified atom stereocenters. The van der Waals surface area contributed by atoms with Gasteiger partial charge in [0.1, 0.15) is 0 Å². The molecule has 0 amide bonds. The maximum atomic E-state index is 2.49. The molecule has 144 valence electrons. The van der Waals surface area contributed by atoms with Gasteiger partial charge in [0.25, 0.3) is 0 Å². The molecule has 0 fully saturated rings. The Morgan fingerprint density at radius 2 is 1.07 bits per heavy atom. The average molecular weight is 387 g/mol. The topological polar surface area (TPSA) is 0 Å². The van der Waals surface area contributed by atoms with Crippen LogP contribution < -0.4 is 15.9 Å². The second-order valence-electron chi connectivity index (χ2n) is 7.16. The number of rotatable bonds is 9. The van der Waals surface area contributed by atoms with Crippen LogP contribution in [0.4, 0.5) is 0 Å². The lowest BCUT2D eigenvalue weighted by Gasteiger charge is -2.28. The summed E-state index contributed by atoms with van der Waals surface area (Å²) in [5.41, 5.74) is 0. The Morgan fingerprint density at radius 3 is 1.50 bits per heavy atom. The lowest BCUT2D eigenvalue weighted by Crippen LogP contribution is -2.26. The number of benzene rings is 3. The maximum absolute atomic E-state index is 2.49. The van der Waals surface area contributed by atoms with Gasteiger partial charge in [-0.25, -0.2) is 0 Å². The average Bonchev–Trinajstić information content (AvgIpc) is 2.78. The summed E-state index contributed by atoms with van der Waals surface area (Å²) in [6.45, 7) is 0.439. The van der Waals surface area contributed by atoms with Crippen LogP contribution in [-0.4, -0.2) is 5.80 Å². The van der Waals surface area contributed by atoms with E-state index >= 15 is 0 Å². The predicted octanol–water partition coefficient (Wildman–Crippen LogP) is 6.31. The zero-order valence-corrected chi connectivity index (χ0v) is 17.8. The Morgan fingerprint density at radius 1 is 0.607 bits per heavy atom. The Balaban J connectivity index is 2.09. The van der Waals surface area contributed by atoms with Crippen LogP contribution in [0.1, 0.15) is 39.0 Å². The van der Waals surface area contributed by atoms with E-state index < -0.39 is 6.89 Å². The van der Waals surface area contributed by atoms with E-state index in [4.69, 9.17) is 0 Å². The van der Waals surface area contributed by atoms with Crippen molar-refractivity contribution in [2.75, 3.05) is 0 Å². The van der Waals surface area contributed by atoms with E-state index in [0.29, 0.717) is 0 Å². The third kappa shape index (κ3) is 4.94. The fourth-order valence-electron chi connectivity index (χ4n) is 3.67. The molecule has 0 aliphatic rings. The first-order valence-electron chi connectivity index (χ1n) is 10.4. The smallest absolute Gasteiger partial charge is 0.0160 e. The van der Waals surface area contributed by atoms with Gasteiger partial charge in [-0.3, -0.25) is 0 Å². The van der Waals surface area contributed by atoms with Crippen molar-refractivity contribution in [2.24, 2.45) is 0 Å².